The van der Waals surface area contributed by atoms with Crippen molar-refractivity contribution in [3.63, 3.8) is 0 Å². The first-order valence-corrected chi connectivity index (χ1v) is 6.76. The zero-order chi connectivity index (χ0) is 11.4. The van der Waals surface area contributed by atoms with E-state index in [0.29, 0.717) is 11.8 Å². The number of hydrogen-bond donors (Lipinski definition) is 1. The third-order valence-electron chi connectivity index (χ3n) is 2.37. The van der Waals surface area contributed by atoms with Gasteiger partial charge >= 0.3 is 0 Å². The Morgan fingerprint density at radius 1 is 1.44 bits per heavy atom. The molecule has 0 bridgehead atoms. The van der Waals surface area contributed by atoms with Crippen LogP contribution in [0.1, 0.15) is 11.9 Å². The Morgan fingerprint density at radius 2 is 2.25 bits per heavy atom. The molecule has 1 aromatic heterocycles. The summed E-state index contributed by atoms with van der Waals surface area (Å²) in [5, 5.41) is 4.52. The van der Waals surface area contributed by atoms with Crippen LogP contribution >= 0.6 is 22.9 Å². The Labute approximate surface area is 105 Å². The minimum atomic E-state index is 0.510. The highest BCUT2D eigenvalue weighted by Gasteiger charge is 2.03. The fourth-order valence-electron chi connectivity index (χ4n) is 1.48. The van der Waals surface area contributed by atoms with Crippen molar-refractivity contribution in [3.05, 3.63) is 29.3 Å². The maximum atomic E-state index is 5.74. The molecule has 16 heavy (non-hydrogen) atoms. The van der Waals surface area contributed by atoms with Crippen LogP contribution in [0.4, 0.5) is 0 Å². The van der Waals surface area contributed by atoms with Crippen molar-refractivity contribution in [1.82, 2.24) is 10.3 Å². The Morgan fingerprint density at radius 3 is 3.00 bits per heavy atom. The molecule has 2 aromatic rings. The standard InChI is InChI=1S/C12H15ClN2S/c1-9(6-13)7-14-8-12-15-10-4-2-3-5-11(10)16-12/h2-5,9,14H,6-8H2,1H3. The molecule has 0 fully saturated rings. The molecule has 4 heteroatoms. The minimum Gasteiger partial charge on any atom is -0.310 e. The van der Waals surface area contributed by atoms with Crippen LogP contribution in [-0.4, -0.2) is 17.4 Å². The predicted octanol–water partition coefficient (Wildman–Crippen LogP) is 3.26. The summed E-state index contributed by atoms with van der Waals surface area (Å²) in [4.78, 5) is 4.56. The first kappa shape index (κ1) is 11.8. The summed E-state index contributed by atoms with van der Waals surface area (Å²) < 4.78 is 1.25. The van der Waals surface area contributed by atoms with Crippen molar-refractivity contribution < 1.29 is 0 Å². The fourth-order valence-corrected chi connectivity index (χ4v) is 2.52. The van der Waals surface area contributed by atoms with Gasteiger partial charge < -0.3 is 5.32 Å². The normalized spacial score (nSPS) is 13.1. The van der Waals surface area contributed by atoms with E-state index in [1.807, 2.05) is 12.1 Å². The lowest BCUT2D eigenvalue weighted by Gasteiger charge is -2.06. The number of nitrogens with zero attached hydrogens (tertiary/aromatic N) is 1. The molecule has 0 saturated heterocycles. The van der Waals surface area contributed by atoms with Crippen molar-refractivity contribution in [2.24, 2.45) is 5.92 Å². The molecule has 0 aliphatic rings. The van der Waals surface area contributed by atoms with E-state index in [-0.39, 0.29) is 0 Å². The van der Waals surface area contributed by atoms with E-state index in [1.165, 1.54) is 4.70 Å². The van der Waals surface area contributed by atoms with Gasteiger partial charge in [-0.15, -0.1) is 22.9 Å². The molecule has 1 unspecified atom stereocenters. The zero-order valence-electron chi connectivity index (χ0n) is 9.24. The molecule has 1 heterocycles. The van der Waals surface area contributed by atoms with Gasteiger partial charge in [0, 0.05) is 12.4 Å². The van der Waals surface area contributed by atoms with Crippen LogP contribution in [0.25, 0.3) is 10.2 Å². The van der Waals surface area contributed by atoms with E-state index in [1.54, 1.807) is 11.3 Å². The van der Waals surface area contributed by atoms with Crippen LogP contribution in [0.2, 0.25) is 0 Å². The Bertz CT molecular complexity index is 422. The molecule has 0 saturated carbocycles. The second-order valence-electron chi connectivity index (χ2n) is 3.97. The van der Waals surface area contributed by atoms with Gasteiger partial charge in [-0.05, 0) is 24.6 Å². The average molecular weight is 255 g/mol. The molecule has 0 radical (unpaired) electrons. The topological polar surface area (TPSA) is 24.9 Å². The second-order valence-corrected chi connectivity index (χ2v) is 5.39. The number of para-hydroxylation sites is 1. The fraction of sp³-hybridized carbons (Fsp3) is 0.417. The highest BCUT2D eigenvalue weighted by atomic mass is 35.5. The summed E-state index contributed by atoms with van der Waals surface area (Å²) in [7, 11) is 0. The monoisotopic (exact) mass is 254 g/mol. The average Bonchev–Trinajstić information content (AvgIpc) is 2.71. The zero-order valence-corrected chi connectivity index (χ0v) is 10.8. The first-order valence-electron chi connectivity index (χ1n) is 5.40. The Hall–Kier alpha value is -0.640. The predicted molar refractivity (Wildman–Crippen MR) is 71.2 cm³/mol. The van der Waals surface area contributed by atoms with E-state index in [9.17, 15) is 0 Å². The maximum absolute atomic E-state index is 5.74. The molecule has 0 aliphatic heterocycles. The van der Waals surface area contributed by atoms with Gasteiger partial charge in [0.2, 0.25) is 0 Å². The molecule has 2 rings (SSSR count). The number of aromatic nitrogens is 1. The van der Waals surface area contributed by atoms with Gasteiger partial charge in [-0.3, -0.25) is 0 Å². The van der Waals surface area contributed by atoms with Gasteiger partial charge in [0.15, 0.2) is 0 Å². The quantitative estimate of drug-likeness (QED) is 0.829. The number of rotatable bonds is 5. The lowest BCUT2D eigenvalue weighted by atomic mass is 10.2. The summed E-state index contributed by atoms with van der Waals surface area (Å²) >= 11 is 7.49. The summed E-state index contributed by atoms with van der Waals surface area (Å²) in [6, 6.07) is 8.23. The Balaban J connectivity index is 1.94. The lowest BCUT2D eigenvalue weighted by Crippen LogP contribution is -2.21. The smallest absolute Gasteiger partial charge is 0.108 e. The lowest BCUT2D eigenvalue weighted by molar-refractivity contribution is 0.556. The third-order valence-corrected chi connectivity index (χ3v) is 3.93. The molecule has 1 atom stereocenters. The molecule has 0 spiro atoms. The van der Waals surface area contributed by atoms with Crippen LogP contribution < -0.4 is 5.32 Å². The molecule has 1 N–H and O–H groups in total. The first-order chi connectivity index (χ1) is 7.79. The van der Waals surface area contributed by atoms with E-state index < -0.39 is 0 Å². The molecule has 1 aromatic carbocycles. The number of thiazole rings is 1. The van der Waals surface area contributed by atoms with Gasteiger partial charge in [-0.2, -0.15) is 0 Å². The van der Waals surface area contributed by atoms with Gasteiger partial charge in [0.25, 0.3) is 0 Å². The molecule has 0 aliphatic carbocycles. The maximum Gasteiger partial charge on any atom is 0.108 e. The van der Waals surface area contributed by atoms with Crippen LogP contribution in [0, 0.1) is 5.92 Å². The van der Waals surface area contributed by atoms with E-state index in [4.69, 9.17) is 11.6 Å². The van der Waals surface area contributed by atoms with Gasteiger partial charge in [-0.25, -0.2) is 4.98 Å². The minimum absolute atomic E-state index is 0.510. The van der Waals surface area contributed by atoms with Crippen molar-refractivity contribution in [1.29, 1.82) is 0 Å². The van der Waals surface area contributed by atoms with Crippen LogP contribution in [0.15, 0.2) is 24.3 Å². The third kappa shape index (κ3) is 2.94. The Kier molecular flexibility index (Phi) is 4.16. The number of halogens is 1. The highest BCUT2D eigenvalue weighted by Crippen LogP contribution is 2.21. The van der Waals surface area contributed by atoms with Crippen molar-refractivity contribution in [2.45, 2.75) is 13.5 Å². The van der Waals surface area contributed by atoms with Crippen LogP contribution in [-0.2, 0) is 6.54 Å². The van der Waals surface area contributed by atoms with Crippen LogP contribution in [0.3, 0.4) is 0 Å². The van der Waals surface area contributed by atoms with Crippen molar-refractivity contribution in [3.8, 4) is 0 Å². The number of nitrogens with one attached hydrogen (secondary N) is 1. The number of fused-ring (bicyclic) bond motifs is 1. The highest BCUT2D eigenvalue weighted by molar-refractivity contribution is 7.18. The summed E-state index contributed by atoms with van der Waals surface area (Å²) in [5.41, 5.74) is 1.09. The summed E-state index contributed by atoms with van der Waals surface area (Å²) in [5.74, 6) is 1.21. The molecular weight excluding hydrogens is 240 g/mol. The number of alkyl halides is 1. The summed E-state index contributed by atoms with van der Waals surface area (Å²) in [6.07, 6.45) is 0. The molecule has 86 valence electrons. The molecule has 2 nitrogen and oxygen atoms in total. The molecule has 0 amide bonds. The largest absolute Gasteiger partial charge is 0.310 e. The van der Waals surface area contributed by atoms with Gasteiger partial charge in [0.05, 0.1) is 10.2 Å². The van der Waals surface area contributed by atoms with E-state index >= 15 is 0 Å². The number of benzene rings is 1. The summed E-state index contributed by atoms with van der Waals surface area (Å²) in [6.45, 7) is 3.92. The van der Waals surface area contributed by atoms with Crippen molar-refractivity contribution >= 4 is 33.2 Å². The number of hydrogen-bond acceptors (Lipinski definition) is 3. The van der Waals surface area contributed by atoms with Crippen LogP contribution in [0.5, 0.6) is 0 Å². The molecular formula is C12H15ClN2S. The van der Waals surface area contributed by atoms with E-state index in [2.05, 4.69) is 29.4 Å². The van der Waals surface area contributed by atoms with Crippen molar-refractivity contribution in [2.75, 3.05) is 12.4 Å². The van der Waals surface area contributed by atoms with Gasteiger partial charge in [0.1, 0.15) is 5.01 Å². The van der Waals surface area contributed by atoms with E-state index in [0.717, 1.165) is 23.6 Å². The second kappa shape index (κ2) is 5.62. The van der Waals surface area contributed by atoms with Gasteiger partial charge in [-0.1, -0.05) is 19.1 Å². The SMILES string of the molecule is CC(CCl)CNCc1nc2ccccc2s1.